The van der Waals surface area contributed by atoms with E-state index in [1.54, 1.807) is 6.92 Å². The molecule has 1 aromatic carbocycles. The number of anilines is 1. The molecule has 2 N–H and O–H groups in total. The summed E-state index contributed by atoms with van der Waals surface area (Å²) in [6.07, 6.45) is -1.33. The van der Waals surface area contributed by atoms with Gasteiger partial charge < -0.3 is 19.9 Å². The van der Waals surface area contributed by atoms with Crippen LogP contribution >= 0.6 is 0 Å². The van der Waals surface area contributed by atoms with Crippen molar-refractivity contribution in [2.45, 2.75) is 38.6 Å². The van der Waals surface area contributed by atoms with E-state index < -0.39 is 30.7 Å². The summed E-state index contributed by atoms with van der Waals surface area (Å²) in [7, 11) is 0. The molecule has 1 saturated heterocycles. The van der Waals surface area contributed by atoms with Crippen LogP contribution in [0.2, 0.25) is 0 Å². The molecular weight excluding hydrogens is 300 g/mol. The molecule has 22 heavy (non-hydrogen) atoms. The molecule has 1 aromatic rings. The first-order valence-electron chi connectivity index (χ1n) is 6.61. The van der Waals surface area contributed by atoms with Gasteiger partial charge in [0.1, 0.15) is 11.9 Å². The number of ether oxygens (including phenoxy) is 2. The zero-order valence-electron chi connectivity index (χ0n) is 11.7. The van der Waals surface area contributed by atoms with Crippen LogP contribution in [0.3, 0.4) is 0 Å². The van der Waals surface area contributed by atoms with Crippen LogP contribution in [0.5, 0.6) is 5.75 Å². The van der Waals surface area contributed by atoms with Gasteiger partial charge in [0.15, 0.2) is 6.10 Å². The van der Waals surface area contributed by atoms with Gasteiger partial charge in [-0.2, -0.15) is 8.78 Å². The zero-order valence-corrected chi connectivity index (χ0v) is 11.7. The van der Waals surface area contributed by atoms with Crippen molar-refractivity contribution in [1.82, 2.24) is 0 Å². The van der Waals surface area contributed by atoms with Crippen molar-refractivity contribution in [3.8, 4) is 5.75 Å². The van der Waals surface area contributed by atoms with Crippen LogP contribution in [0.25, 0.3) is 0 Å². The molecule has 120 valence electrons. The number of amides is 1. The Labute approximate surface area is 125 Å². The van der Waals surface area contributed by atoms with Gasteiger partial charge in [-0.15, -0.1) is 0 Å². The Bertz CT molecular complexity index is 578. The number of hydrogen-bond donors (Lipinski definition) is 2. The molecule has 2 atom stereocenters. The molecule has 0 radical (unpaired) electrons. The van der Waals surface area contributed by atoms with E-state index in [4.69, 9.17) is 9.84 Å². The van der Waals surface area contributed by atoms with Gasteiger partial charge in [-0.1, -0.05) is 6.07 Å². The number of alkyl halides is 2. The number of nitrogens with one attached hydrogen (secondary N) is 1. The summed E-state index contributed by atoms with van der Waals surface area (Å²) in [4.78, 5) is 22.8. The SMILES string of the molecule is Cc1ccc(NC(=O)[C@@H]2CC[C@H](C(=O)O)O2)cc1OC(F)F. The topological polar surface area (TPSA) is 84.9 Å². The lowest BCUT2D eigenvalue weighted by atomic mass is 10.1. The third-order valence-electron chi connectivity index (χ3n) is 3.26. The lowest BCUT2D eigenvalue weighted by Gasteiger charge is -2.14. The average molecular weight is 315 g/mol. The average Bonchev–Trinajstić information content (AvgIpc) is 2.92. The molecule has 1 fully saturated rings. The Hall–Kier alpha value is -2.22. The molecule has 0 saturated carbocycles. The second-order valence-electron chi connectivity index (χ2n) is 4.88. The predicted octanol–water partition coefficient (Wildman–Crippen LogP) is 2.17. The van der Waals surface area contributed by atoms with E-state index in [2.05, 4.69) is 10.1 Å². The summed E-state index contributed by atoms with van der Waals surface area (Å²) >= 11 is 0. The summed E-state index contributed by atoms with van der Waals surface area (Å²) in [5.41, 5.74) is 0.773. The predicted molar refractivity (Wildman–Crippen MR) is 72.0 cm³/mol. The molecule has 0 aliphatic carbocycles. The van der Waals surface area contributed by atoms with Crippen molar-refractivity contribution in [1.29, 1.82) is 0 Å². The molecule has 2 rings (SSSR count). The van der Waals surface area contributed by atoms with E-state index in [0.717, 1.165) is 0 Å². The Kier molecular flexibility index (Phi) is 4.92. The first-order chi connectivity index (χ1) is 10.4. The first-order valence-corrected chi connectivity index (χ1v) is 6.61. The van der Waals surface area contributed by atoms with E-state index >= 15 is 0 Å². The van der Waals surface area contributed by atoms with Gasteiger partial charge in [0, 0.05) is 11.8 Å². The van der Waals surface area contributed by atoms with Crippen LogP contribution in [0.1, 0.15) is 18.4 Å². The molecule has 1 aliphatic rings. The van der Waals surface area contributed by atoms with Crippen molar-refractivity contribution in [2.75, 3.05) is 5.32 Å². The number of carboxylic acid groups (broad SMARTS) is 1. The summed E-state index contributed by atoms with van der Waals surface area (Å²) in [5, 5.41) is 11.3. The van der Waals surface area contributed by atoms with Crippen LogP contribution in [0.4, 0.5) is 14.5 Å². The quantitative estimate of drug-likeness (QED) is 0.870. The highest BCUT2D eigenvalue weighted by atomic mass is 19.3. The zero-order chi connectivity index (χ0) is 16.3. The number of hydrogen-bond acceptors (Lipinski definition) is 4. The van der Waals surface area contributed by atoms with Crippen molar-refractivity contribution in [3.63, 3.8) is 0 Å². The Morgan fingerprint density at radius 1 is 1.36 bits per heavy atom. The molecule has 1 aliphatic heterocycles. The third kappa shape index (κ3) is 3.91. The highest BCUT2D eigenvalue weighted by Crippen LogP contribution is 2.26. The highest BCUT2D eigenvalue weighted by Gasteiger charge is 2.34. The Morgan fingerprint density at radius 3 is 2.64 bits per heavy atom. The summed E-state index contributed by atoms with van der Waals surface area (Å²) in [6, 6.07) is 4.35. The van der Waals surface area contributed by atoms with Gasteiger partial charge in [-0.25, -0.2) is 4.79 Å². The van der Waals surface area contributed by atoms with Crippen molar-refractivity contribution < 1.29 is 33.0 Å². The lowest BCUT2D eigenvalue weighted by Crippen LogP contribution is -2.29. The van der Waals surface area contributed by atoms with Crippen LogP contribution in [0.15, 0.2) is 18.2 Å². The smallest absolute Gasteiger partial charge is 0.387 e. The lowest BCUT2D eigenvalue weighted by molar-refractivity contribution is -0.150. The largest absolute Gasteiger partial charge is 0.479 e. The number of rotatable bonds is 5. The number of carboxylic acids is 1. The molecule has 0 aromatic heterocycles. The Morgan fingerprint density at radius 2 is 2.05 bits per heavy atom. The summed E-state index contributed by atoms with van der Waals surface area (Å²) in [5.74, 6) is -1.67. The number of carbonyl (C=O) groups excluding carboxylic acids is 1. The second-order valence-corrected chi connectivity index (χ2v) is 4.88. The number of aliphatic carboxylic acids is 1. The van der Waals surface area contributed by atoms with Crippen molar-refractivity contribution in [3.05, 3.63) is 23.8 Å². The Balaban J connectivity index is 2.01. The molecule has 1 amide bonds. The van der Waals surface area contributed by atoms with Gasteiger partial charge in [-0.3, -0.25) is 4.79 Å². The molecule has 0 spiro atoms. The molecule has 0 unspecified atom stereocenters. The maximum atomic E-state index is 12.3. The normalized spacial score (nSPS) is 20.9. The molecule has 8 heteroatoms. The maximum absolute atomic E-state index is 12.3. The standard InChI is InChI=1S/C14H15F2NO5/c1-7-2-3-8(6-11(7)22-14(15)16)17-12(18)9-4-5-10(21-9)13(19)20/h2-3,6,9-10,14H,4-5H2,1H3,(H,17,18)(H,19,20)/t9-,10+/m0/s1. The summed E-state index contributed by atoms with van der Waals surface area (Å²) < 4.78 is 34.0. The van der Waals surface area contributed by atoms with Crippen molar-refractivity contribution >= 4 is 17.6 Å². The van der Waals surface area contributed by atoms with E-state index in [0.29, 0.717) is 5.56 Å². The first kappa shape index (κ1) is 16.2. The van der Waals surface area contributed by atoms with Crippen LogP contribution in [-0.4, -0.2) is 35.8 Å². The number of halogens is 2. The second kappa shape index (κ2) is 6.69. The fourth-order valence-electron chi connectivity index (χ4n) is 2.14. The van der Waals surface area contributed by atoms with E-state index in [1.807, 2.05) is 0 Å². The fraction of sp³-hybridized carbons (Fsp3) is 0.429. The van der Waals surface area contributed by atoms with Gasteiger partial charge in [0.05, 0.1) is 0 Å². The van der Waals surface area contributed by atoms with E-state index in [-0.39, 0.29) is 24.3 Å². The molecule has 0 bridgehead atoms. The third-order valence-corrected chi connectivity index (χ3v) is 3.26. The minimum absolute atomic E-state index is 0.0384. The number of benzene rings is 1. The minimum atomic E-state index is -2.96. The fourth-order valence-corrected chi connectivity index (χ4v) is 2.14. The highest BCUT2D eigenvalue weighted by molar-refractivity contribution is 5.95. The molecular formula is C14H15F2NO5. The van der Waals surface area contributed by atoms with Gasteiger partial charge >= 0.3 is 12.6 Å². The van der Waals surface area contributed by atoms with Crippen molar-refractivity contribution in [2.24, 2.45) is 0 Å². The van der Waals surface area contributed by atoms with Gasteiger partial charge in [0.25, 0.3) is 5.91 Å². The van der Waals surface area contributed by atoms with E-state index in [1.165, 1.54) is 18.2 Å². The van der Waals surface area contributed by atoms with Gasteiger partial charge in [-0.05, 0) is 31.4 Å². The van der Waals surface area contributed by atoms with Crippen LogP contribution < -0.4 is 10.1 Å². The van der Waals surface area contributed by atoms with Gasteiger partial charge in [0.2, 0.25) is 0 Å². The summed E-state index contributed by atoms with van der Waals surface area (Å²) in [6.45, 7) is -1.36. The van der Waals surface area contributed by atoms with E-state index in [9.17, 15) is 18.4 Å². The molecule has 6 nitrogen and oxygen atoms in total. The molecule has 1 heterocycles. The number of aryl methyl sites for hydroxylation is 1. The number of carbonyl (C=O) groups is 2. The minimum Gasteiger partial charge on any atom is -0.479 e. The van der Waals surface area contributed by atoms with Crippen LogP contribution in [0, 0.1) is 6.92 Å². The van der Waals surface area contributed by atoms with Crippen LogP contribution in [-0.2, 0) is 14.3 Å². The maximum Gasteiger partial charge on any atom is 0.387 e. The monoisotopic (exact) mass is 315 g/mol.